The van der Waals surface area contributed by atoms with E-state index in [1.807, 2.05) is 158 Å². The van der Waals surface area contributed by atoms with Gasteiger partial charge in [0.2, 0.25) is 17.7 Å². The van der Waals surface area contributed by atoms with Gasteiger partial charge in [0.05, 0.1) is 42.9 Å². The molecule has 6 N–H and O–H groups in total. The third-order valence-corrected chi connectivity index (χ3v) is 21.4. The summed E-state index contributed by atoms with van der Waals surface area (Å²) in [4.78, 5) is 139. The van der Waals surface area contributed by atoms with Gasteiger partial charge in [-0.15, -0.1) is 0 Å². The number of benzene rings is 8. The van der Waals surface area contributed by atoms with Gasteiger partial charge in [0, 0.05) is 132 Å². The van der Waals surface area contributed by atoms with Crippen LogP contribution in [0.2, 0.25) is 0 Å². The number of carbonyl (C=O) groups excluding carboxylic acids is 10. The monoisotopic (exact) mass is 1520 g/mol. The zero-order valence-corrected chi connectivity index (χ0v) is 62.7. The van der Waals surface area contributed by atoms with Crippen molar-refractivity contribution >= 4 is 92.3 Å². The molecule has 28 heteroatoms. The number of ether oxygens (including phenoxy) is 2. The number of nitrogens with zero attached hydrogens (tertiary/aromatic N) is 9. The molecule has 11 aromatic rings. The van der Waals surface area contributed by atoms with Gasteiger partial charge in [-0.2, -0.15) is 5.48 Å². The number of hydroxylamine groups is 3. The van der Waals surface area contributed by atoms with E-state index < -0.39 is 41.2 Å². The smallest absolute Gasteiger partial charge is 0.431 e. The molecule has 113 heavy (non-hydrogen) atoms. The highest BCUT2D eigenvalue weighted by Crippen LogP contribution is 2.47. The van der Waals surface area contributed by atoms with Gasteiger partial charge in [0.15, 0.2) is 0 Å². The minimum absolute atomic E-state index is 0.182. The molecule has 3 saturated heterocycles. The first-order valence-corrected chi connectivity index (χ1v) is 36.8. The maximum Gasteiger partial charge on any atom is 0.431 e. The van der Waals surface area contributed by atoms with E-state index in [9.17, 15) is 47.9 Å². The molecular formula is C85H81N13O15. The lowest BCUT2D eigenvalue weighted by Gasteiger charge is -2.41. The van der Waals surface area contributed by atoms with Crippen LogP contribution in [-0.4, -0.2) is 159 Å². The molecule has 0 saturated carbocycles. The molecule has 3 aromatic heterocycles. The first kappa shape index (κ1) is 74.8. The Balaban J connectivity index is 0.000000134. The second-order valence-electron chi connectivity index (χ2n) is 29.7. The van der Waals surface area contributed by atoms with Gasteiger partial charge in [0.1, 0.15) is 24.7 Å². The molecule has 0 aliphatic carbocycles. The molecule has 6 aliphatic rings. The number of aromatic nitrogens is 3. The molecule has 28 nitrogen and oxygen atoms in total. The van der Waals surface area contributed by atoms with Crippen LogP contribution in [0.1, 0.15) is 131 Å². The molecule has 17 rings (SSSR count). The first-order chi connectivity index (χ1) is 54.4. The lowest BCUT2D eigenvalue weighted by molar-refractivity contribution is -0.133. The van der Waals surface area contributed by atoms with Crippen LogP contribution in [-0.2, 0) is 71.7 Å². The van der Waals surface area contributed by atoms with Crippen molar-refractivity contribution in [3.05, 3.63) is 272 Å². The highest BCUT2D eigenvalue weighted by molar-refractivity contribution is 6.07. The summed E-state index contributed by atoms with van der Waals surface area (Å²) in [5.41, 5.74) is 19.3. The van der Waals surface area contributed by atoms with Crippen molar-refractivity contribution in [2.24, 2.45) is 0 Å². The molecular weight excluding hydrogens is 1440 g/mol. The average molecular weight is 1520 g/mol. The lowest BCUT2D eigenvalue weighted by atomic mass is 9.89. The Hall–Kier alpha value is -13.6. The van der Waals surface area contributed by atoms with Crippen molar-refractivity contribution < 1.29 is 72.7 Å². The summed E-state index contributed by atoms with van der Waals surface area (Å²) in [5.74, 6) is -2.24. The number of nitrogens with one attached hydrogen (secondary N) is 4. The number of rotatable bonds is 15. The van der Waals surface area contributed by atoms with Crippen molar-refractivity contribution in [1.82, 2.24) is 64.9 Å². The summed E-state index contributed by atoms with van der Waals surface area (Å²) < 4.78 is 18.8. The number of para-hydroxylation sites is 1. The maximum atomic E-state index is 13.3. The summed E-state index contributed by atoms with van der Waals surface area (Å²) in [6.07, 6.45) is -0.745. The van der Waals surface area contributed by atoms with Crippen LogP contribution in [0.3, 0.4) is 0 Å². The van der Waals surface area contributed by atoms with Gasteiger partial charge in [0.25, 0.3) is 17.7 Å². The number of imide groups is 3. The molecule has 3 fully saturated rings. The zero-order valence-electron chi connectivity index (χ0n) is 62.7. The summed E-state index contributed by atoms with van der Waals surface area (Å²) in [5, 5.41) is 23.3. The first-order valence-electron chi connectivity index (χ1n) is 36.8. The van der Waals surface area contributed by atoms with E-state index in [1.165, 1.54) is 35.8 Å². The van der Waals surface area contributed by atoms with E-state index in [0.717, 1.165) is 94.3 Å². The van der Waals surface area contributed by atoms with Gasteiger partial charge >= 0.3 is 24.2 Å². The van der Waals surface area contributed by atoms with Crippen LogP contribution in [0, 0.1) is 0 Å². The van der Waals surface area contributed by atoms with Gasteiger partial charge in [-0.3, -0.25) is 53.9 Å². The normalized spacial score (nSPS) is 16.7. The quantitative estimate of drug-likeness (QED) is 0.0410. The molecule has 8 aromatic carbocycles. The van der Waals surface area contributed by atoms with E-state index in [0.29, 0.717) is 100 Å². The number of urea groups is 3. The summed E-state index contributed by atoms with van der Waals surface area (Å²) in [6, 6.07) is 59.6. The van der Waals surface area contributed by atoms with Crippen molar-refractivity contribution in [1.29, 1.82) is 0 Å². The van der Waals surface area contributed by atoms with Crippen molar-refractivity contribution in [3.8, 4) is 11.5 Å². The van der Waals surface area contributed by atoms with E-state index in [4.69, 9.17) is 24.7 Å². The molecule has 0 radical (unpaired) electrons. The van der Waals surface area contributed by atoms with Crippen LogP contribution in [0.5, 0.6) is 11.5 Å². The Morgan fingerprint density at radius 1 is 0.425 bits per heavy atom. The Morgan fingerprint density at radius 3 is 1.29 bits per heavy atom. The SMILES string of the molecule is CN1C(=O)C2CN(Cc3c2c2c(OCc4ccccc4)cccc2n3Cc2ccc(C(=O)NO)cc2)C1=O.CN1C(=O)C2CN(Cc3c2c2cc(OCc4ccccc4)ccc2n3Cc2ccc(C(=O)NO)cc2)C1=O.CN1C(=O)C2CN(Cc3c2c2ccccc2n3Cc2ccc(C(=O)NOC(=O)NC(C)(C)C)cc2)C1=O. The molecule has 6 aliphatic heterocycles. The number of amides is 13. The van der Waals surface area contributed by atoms with E-state index in [2.05, 4.69) is 24.5 Å². The number of fused-ring (bicyclic) bond motifs is 18. The molecule has 9 heterocycles. The summed E-state index contributed by atoms with van der Waals surface area (Å²) in [6.45, 7) is 9.95. The van der Waals surface area contributed by atoms with Gasteiger partial charge < -0.3 is 48.0 Å². The van der Waals surface area contributed by atoms with Gasteiger partial charge in [-0.1, -0.05) is 121 Å². The fraction of sp³-hybridized carbons (Fsp3) is 0.247. The van der Waals surface area contributed by atoms with Gasteiger partial charge in [-0.05, 0) is 133 Å². The van der Waals surface area contributed by atoms with Crippen LogP contribution >= 0.6 is 0 Å². The molecule has 3 unspecified atom stereocenters. The van der Waals surface area contributed by atoms with Crippen molar-refractivity contribution in [2.45, 2.75) is 96.5 Å². The van der Waals surface area contributed by atoms with Crippen molar-refractivity contribution in [3.63, 3.8) is 0 Å². The number of likely N-dealkylation sites (N-methyl/N-ethyl adjacent to an activating group) is 3. The standard InChI is InChI=1S/2C29H26N4O5.C27H29N5O5/c1-31-28(35)21-15-32(29(31)36)16-23-25(21)26-22(8-5-9-24(26)38-17-19-6-3-2-4-7-19)33(23)14-18-10-12-20(13-11-18)27(34)30-37;1-31-28(35)23-15-32(29(31)36)16-25-26(23)22-13-21(38-17-19-5-3-2-4-6-19)11-12-24(22)33(25)14-18-7-9-20(10-8-18)27(34)30-37;1-27(2,3)28-25(35)37-29-23(33)17-11-9-16(10-12-17)13-32-20-8-6-5-7-18(20)22-19-14-31(15-21(22)32)26(36)30(4)24(19)34/h2-13,21,37H,14-17H2,1H3,(H,30,34);2-13,23,37H,14-17H2,1H3,(H,30,34);5-12,19H,13-15H2,1-4H3,(H,28,35)(H,29,33). The Bertz CT molecular complexity index is 5640. The van der Waals surface area contributed by atoms with Crippen LogP contribution in [0.15, 0.2) is 194 Å². The minimum Gasteiger partial charge on any atom is -0.489 e. The predicted molar refractivity (Wildman–Crippen MR) is 413 cm³/mol. The van der Waals surface area contributed by atoms with Crippen LogP contribution in [0.4, 0.5) is 19.2 Å². The Morgan fingerprint density at radius 2 is 0.823 bits per heavy atom. The highest BCUT2D eigenvalue weighted by atomic mass is 16.7. The molecule has 3 atom stereocenters. The Labute approximate surface area is 648 Å². The fourth-order valence-electron chi connectivity index (χ4n) is 15.9. The average Bonchev–Trinajstić information content (AvgIpc) is 1.58. The number of carbonyl (C=O) groups is 10. The highest BCUT2D eigenvalue weighted by Gasteiger charge is 2.48. The third-order valence-electron chi connectivity index (χ3n) is 21.4. The topological polar surface area (TPSA) is 321 Å². The maximum absolute atomic E-state index is 13.3. The lowest BCUT2D eigenvalue weighted by Crippen LogP contribution is -2.56. The molecule has 0 spiro atoms. The summed E-state index contributed by atoms with van der Waals surface area (Å²) in [7, 11) is 4.60. The van der Waals surface area contributed by atoms with E-state index in [-0.39, 0.29) is 41.7 Å². The molecule has 576 valence electrons. The second-order valence-corrected chi connectivity index (χ2v) is 29.7. The number of hydrogen-bond donors (Lipinski definition) is 6. The Kier molecular flexibility index (Phi) is 20.3. The zero-order chi connectivity index (χ0) is 79.3. The van der Waals surface area contributed by atoms with Crippen molar-refractivity contribution in [2.75, 3.05) is 40.8 Å². The number of hydrogen-bond acceptors (Lipinski definition) is 15. The third kappa shape index (κ3) is 14.6. The van der Waals surface area contributed by atoms with Gasteiger partial charge in [-0.25, -0.2) is 30.1 Å². The predicted octanol–water partition coefficient (Wildman–Crippen LogP) is 11.1. The molecule has 13 amide bonds. The van der Waals surface area contributed by atoms with Crippen LogP contribution < -0.4 is 31.2 Å². The minimum atomic E-state index is -0.745. The second kappa shape index (κ2) is 30.7. The van der Waals surface area contributed by atoms with E-state index in [1.54, 1.807) is 82.8 Å². The largest absolute Gasteiger partial charge is 0.489 e. The van der Waals surface area contributed by atoms with Crippen LogP contribution in [0.25, 0.3) is 32.7 Å². The summed E-state index contributed by atoms with van der Waals surface area (Å²) >= 11 is 0. The fourth-order valence-corrected chi connectivity index (χ4v) is 15.9. The molecule has 6 bridgehead atoms. The van der Waals surface area contributed by atoms with E-state index >= 15 is 0 Å².